The second-order valence-electron chi connectivity index (χ2n) is 7.87. The fourth-order valence-corrected chi connectivity index (χ4v) is 3.65. The van der Waals surface area contributed by atoms with Crippen LogP contribution >= 0.6 is 0 Å². The molecule has 2 amide bonds. The summed E-state index contributed by atoms with van der Waals surface area (Å²) in [6, 6.07) is 29.0. The molecule has 0 spiro atoms. The van der Waals surface area contributed by atoms with Crippen LogP contribution in [-0.2, 0) is 13.2 Å². The molecule has 34 heavy (non-hydrogen) atoms. The number of hydrogen-bond donors (Lipinski definition) is 2. The van der Waals surface area contributed by atoms with E-state index in [1.807, 2.05) is 36.4 Å². The predicted octanol–water partition coefficient (Wildman–Crippen LogP) is 5.66. The van der Waals surface area contributed by atoms with E-state index in [4.69, 9.17) is 9.47 Å². The largest absolute Gasteiger partial charge is 0.488 e. The molecule has 6 nitrogen and oxygen atoms in total. The van der Waals surface area contributed by atoms with Crippen molar-refractivity contribution in [3.63, 3.8) is 0 Å². The summed E-state index contributed by atoms with van der Waals surface area (Å²) in [6.07, 6.45) is 0. The molecule has 0 radical (unpaired) electrons. The molecule has 4 aliphatic heterocycles. The molecule has 2 N–H and O–H groups in total. The van der Waals surface area contributed by atoms with E-state index in [1.54, 1.807) is 60.7 Å². The van der Waals surface area contributed by atoms with Gasteiger partial charge in [-0.15, -0.1) is 0 Å². The minimum atomic E-state index is -0.275. The quantitative estimate of drug-likeness (QED) is 0.362. The van der Waals surface area contributed by atoms with E-state index < -0.39 is 0 Å². The zero-order valence-corrected chi connectivity index (χ0v) is 18.3. The fraction of sp³-hybridized carbons (Fsp3) is 0.0714. The summed E-state index contributed by atoms with van der Waals surface area (Å²) in [5, 5.41) is 5.77. The highest BCUT2D eigenvalue weighted by Crippen LogP contribution is 2.24. The Bertz CT molecular complexity index is 1230. The van der Waals surface area contributed by atoms with E-state index in [2.05, 4.69) is 10.6 Å². The van der Waals surface area contributed by atoms with Crippen molar-refractivity contribution in [3.05, 3.63) is 119 Å². The monoisotopic (exact) mass is 450 g/mol. The maximum atomic E-state index is 12.9. The third kappa shape index (κ3) is 4.76. The summed E-state index contributed by atoms with van der Waals surface area (Å²) < 4.78 is 11.9. The Morgan fingerprint density at radius 1 is 0.500 bits per heavy atom. The fourth-order valence-electron chi connectivity index (χ4n) is 3.65. The normalized spacial score (nSPS) is 13.5. The number of carbonyl (C=O) groups excluding carboxylic acids is 2. The van der Waals surface area contributed by atoms with Crippen LogP contribution in [0.3, 0.4) is 0 Å². The van der Waals surface area contributed by atoms with Gasteiger partial charge in [0.2, 0.25) is 0 Å². The first kappa shape index (κ1) is 21.3. The second kappa shape index (κ2) is 9.50. The third-order valence-corrected chi connectivity index (χ3v) is 5.48. The number of anilines is 2. The van der Waals surface area contributed by atoms with Crippen molar-refractivity contribution in [2.75, 3.05) is 10.6 Å². The van der Waals surface area contributed by atoms with E-state index in [1.165, 1.54) is 0 Å². The summed E-state index contributed by atoms with van der Waals surface area (Å²) in [6.45, 7) is 0.645. The van der Waals surface area contributed by atoms with Gasteiger partial charge in [0.1, 0.15) is 24.7 Å². The summed E-state index contributed by atoms with van der Waals surface area (Å²) in [5.74, 6) is 0.455. The van der Waals surface area contributed by atoms with Gasteiger partial charge in [-0.05, 0) is 59.7 Å². The Labute approximate surface area is 197 Å². The van der Waals surface area contributed by atoms with Gasteiger partial charge in [0.25, 0.3) is 11.8 Å². The molecular formula is C28H22N2O4. The molecule has 0 fully saturated rings. The molecular weight excluding hydrogens is 428 g/mol. The molecule has 4 aromatic carbocycles. The zero-order valence-electron chi connectivity index (χ0n) is 18.3. The van der Waals surface area contributed by atoms with Crippen molar-refractivity contribution in [3.8, 4) is 11.5 Å². The van der Waals surface area contributed by atoms with Crippen molar-refractivity contribution >= 4 is 23.2 Å². The molecule has 0 saturated carbocycles. The van der Waals surface area contributed by atoms with E-state index >= 15 is 0 Å². The standard InChI is InChI=1S/C28H22N2O4/c31-27-23-5-1-3-7-25(23)33-17-19-9-11-20(12-10-19)18-34-26-8-4-2-6-24(26)28(32)30-22-15-13-21(29-27)14-16-22/h1-16H,17-18H2,(H,29,31)(H,30,32). The number of amides is 2. The van der Waals surface area contributed by atoms with Crippen molar-refractivity contribution < 1.29 is 19.1 Å². The number of carbonyl (C=O) groups is 2. The first-order valence-corrected chi connectivity index (χ1v) is 10.9. The lowest BCUT2D eigenvalue weighted by molar-refractivity contribution is 0.101. The highest BCUT2D eigenvalue weighted by atomic mass is 16.5. The van der Waals surface area contributed by atoms with Crippen molar-refractivity contribution in [2.45, 2.75) is 13.2 Å². The van der Waals surface area contributed by atoms with E-state index in [0.717, 1.165) is 11.1 Å². The van der Waals surface area contributed by atoms with E-state index in [9.17, 15) is 9.59 Å². The topological polar surface area (TPSA) is 76.7 Å². The van der Waals surface area contributed by atoms with Gasteiger partial charge in [-0.3, -0.25) is 9.59 Å². The Kier molecular flexibility index (Phi) is 5.95. The van der Waals surface area contributed by atoms with Crippen LogP contribution in [0.5, 0.6) is 11.5 Å². The van der Waals surface area contributed by atoms with Crippen molar-refractivity contribution in [1.82, 2.24) is 0 Å². The minimum absolute atomic E-state index is 0.275. The smallest absolute Gasteiger partial charge is 0.259 e. The van der Waals surface area contributed by atoms with Crippen LogP contribution in [0.15, 0.2) is 97.1 Å². The first-order chi connectivity index (χ1) is 16.7. The third-order valence-electron chi connectivity index (χ3n) is 5.48. The number of ether oxygens (including phenoxy) is 2. The van der Waals surface area contributed by atoms with Crippen LogP contribution in [-0.4, -0.2) is 11.8 Å². The molecule has 4 heterocycles. The van der Waals surface area contributed by atoms with Crippen LogP contribution < -0.4 is 20.1 Å². The summed E-state index contributed by atoms with van der Waals surface area (Å²) in [7, 11) is 0. The average Bonchev–Trinajstić information content (AvgIpc) is 2.88. The van der Waals surface area contributed by atoms with Crippen molar-refractivity contribution in [2.24, 2.45) is 0 Å². The number of hydrogen-bond acceptors (Lipinski definition) is 4. The van der Waals surface area contributed by atoms with Crippen LogP contribution in [0.2, 0.25) is 0 Å². The lowest BCUT2D eigenvalue weighted by Gasteiger charge is -2.14. The van der Waals surface area contributed by atoms with Gasteiger partial charge in [0.15, 0.2) is 0 Å². The van der Waals surface area contributed by atoms with Gasteiger partial charge in [0, 0.05) is 11.4 Å². The zero-order chi connectivity index (χ0) is 23.3. The highest BCUT2D eigenvalue weighted by molar-refractivity contribution is 6.07. The Hall–Kier alpha value is -4.58. The molecule has 0 atom stereocenters. The van der Waals surface area contributed by atoms with Crippen LogP contribution in [0.25, 0.3) is 0 Å². The molecule has 4 aromatic rings. The SMILES string of the molecule is O=C1Nc2ccc(cc2)NC(=O)c2ccccc2OCc2ccc(cc2)COc2ccccc21. The van der Waals surface area contributed by atoms with Crippen LogP contribution in [0.4, 0.5) is 11.4 Å². The Morgan fingerprint density at radius 3 is 1.29 bits per heavy atom. The second-order valence-corrected chi connectivity index (χ2v) is 7.87. The van der Waals surface area contributed by atoms with E-state index in [0.29, 0.717) is 47.2 Å². The van der Waals surface area contributed by atoms with Gasteiger partial charge >= 0.3 is 0 Å². The highest BCUT2D eigenvalue weighted by Gasteiger charge is 2.15. The maximum Gasteiger partial charge on any atom is 0.259 e. The summed E-state index contributed by atoms with van der Waals surface area (Å²) in [4.78, 5) is 25.8. The Balaban J connectivity index is 1.48. The molecule has 4 bridgehead atoms. The van der Waals surface area contributed by atoms with E-state index in [-0.39, 0.29) is 11.8 Å². The molecule has 0 saturated heterocycles. The number of para-hydroxylation sites is 2. The summed E-state index contributed by atoms with van der Waals surface area (Å²) >= 11 is 0. The van der Waals surface area contributed by atoms with Gasteiger partial charge < -0.3 is 20.1 Å². The molecule has 0 unspecified atom stereocenters. The molecule has 0 aromatic heterocycles. The Morgan fingerprint density at radius 2 is 0.882 bits per heavy atom. The average molecular weight is 450 g/mol. The molecule has 0 aliphatic carbocycles. The summed E-state index contributed by atoms with van der Waals surface area (Å²) in [5.41, 5.74) is 4.01. The van der Waals surface area contributed by atoms with Crippen molar-refractivity contribution in [1.29, 1.82) is 0 Å². The molecule has 8 rings (SSSR count). The molecule has 6 heteroatoms. The van der Waals surface area contributed by atoms with Crippen LogP contribution in [0, 0.1) is 0 Å². The predicted molar refractivity (Wildman–Crippen MR) is 130 cm³/mol. The molecule has 4 aliphatic rings. The maximum absolute atomic E-state index is 12.9. The number of benzene rings is 4. The lowest BCUT2D eigenvalue weighted by Crippen LogP contribution is -2.15. The first-order valence-electron chi connectivity index (χ1n) is 10.9. The molecule has 168 valence electrons. The minimum Gasteiger partial charge on any atom is -0.488 e. The van der Waals surface area contributed by atoms with Gasteiger partial charge in [-0.2, -0.15) is 0 Å². The van der Waals surface area contributed by atoms with Gasteiger partial charge in [-0.25, -0.2) is 0 Å². The van der Waals surface area contributed by atoms with Gasteiger partial charge in [0.05, 0.1) is 11.1 Å². The van der Waals surface area contributed by atoms with Gasteiger partial charge in [-0.1, -0.05) is 48.5 Å². The van der Waals surface area contributed by atoms with Crippen LogP contribution in [0.1, 0.15) is 31.8 Å². The number of nitrogens with one attached hydrogen (secondary N) is 2. The number of rotatable bonds is 0. The lowest BCUT2D eigenvalue weighted by atomic mass is 10.1.